The van der Waals surface area contributed by atoms with Crippen molar-refractivity contribution in [3.63, 3.8) is 0 Å². The van der Waals surface area contributed by atoms with E-state index in [1.54, 1.807) is 30.2 Å². The quantitative estimate of drug-likeness (QED) is 0.632. The third kappa shape index (κ3) is 4.36. The molecule has 0 aliphatic rings. The van der Waals surface area contributed by atoms with E-state index in [-0.39, 0.29) is 5.82 Å². The highest BCUT2D eigenvalue weighted by Crippen LogP contribution is 2.29. The lowest BCUT2D eigenvalue weighted by molar-refractivity contribution is 0.284. The molecule has 0 amide bonds. The van der Waals surface area contributed by atoms with Crippen molar-refractivity contribution in [2.75, 3.05) is 12.5 Å². The van der Waals surface area contributed by atoms with Crippen molar-refractivity contribution >= 4 is 12.2 Å². The van der Waals surface area contributed by atoms with E-state index in [1.807, 2.05) is 18.2 Å². The second-order valence-corrected chi connectivity index (χ2v) is 5.65. The van der Waals surface area contributed by atoms with Gasteiger partial charge in [0, 0.05) is 0 Å². The molecule has 0 unspecified atom stereocenters. The second kappa shape index (κ2) is 7.80. The summed E-state index contributed by atoms with van der Waals surface area (Å²) in [6, 6.07) is 11.9. The fourth-order valence-corrected chi connectivity index (χ4v) is 2.38. The summed E-state index contributed by atoms with van der Waals surface area (Å²) >= 11 is 5.07. The molecule has 0 aliphatic heterocycles. The van der Waals surface area contributed by atoms with Gasteiger partial charge in [-0.15, -0.1) is 0 Å². The van der Waals surface area contributed by atoms with Crippen molar-refractivity contribution < 1.29 is 13.9 Å². The zero-order valence-electron chi connectivity index (χ0n) is 13.5. The largest absolute Gasteiger partial charge is 0.493 e. The molecule has 1 heterocycles. The van der Waals surface area contributed by atoms with E-state index >= 15 is 0 Å². The Hall–Kier alpha value is -2.87. The highest BCUT2D eigenvalue weighted by molar-refractivity contribution is 7.71. The lowest BCUT2D eigenvalue weighted by Crippen LogP contribution is -2.13. The van der Waals surface area contributed by atoms with E-state index < -0.39 is 0 Å². The second-order valence-electron chi connectivity index (χ2n) is 5.27. The van der Waals surface area contributed by atoms with Crippen molar-refractivity contribution in [3.8, 4) is 11.5 Å². The van der Waals surface area contributed by atoms with Crippen LogP contribution in [-0.4, -0.2) is 22.0 Å². The summed E-state index contributed by atoms with van der Waals surface area (Å²) in [5.41, 5.74) is 5.00. The molecule has 8 heteroatoms. The van der Waals surface area contributed by atoms with E-state index in [2.05, 4.69) is 15.6 Å². The van der Waals surface area contributed by atoms with Crippen LogP contribution < -0.4 is 14.9 Å². The molecule has 0 bridgehead atoms. The number of ether oxygens (including phenoxy) is 2. The molecule has 2 aromatic carbocycles. The molecule has 3 rings (SSSR count). The molecule has 130 valence electrons. The number of halogens is 1. The molecule has 0 saturated heterocycles. The van der Waals surface area contributed by atoms with E-state index in [1.165, 1.54) is 12.1 Å². The number of nitrogens with zero attached hydrogens (tertiary/aromatic N) is 2. The van der Waals surface area contributed by atoms with Crippen LogP contribution in [0.2, 0.25) is 0 Å². The van der Waals surface area contributed by atoms with Gasteiger partial charge in [0.2, 0.25) is 4.77 Å². The molecule has 0 saturated carbocycles. The van der Waals surface area contributed by atoms with Gasteiger partial charge < -0.3 is 14.9 Å². The van der Waals surface area contributed by atoms with Gasteiger partial charge in [-0.1, -0.05) is 18.2 Å². The molecular weight excluding hydrogens is 343 g/mol. The Bertz CT molecular complexity index is 892. The first kappa shape index (κ1) is 17.0. The molecule has 0 spiro atoms. The predicted molar refractivity (Wildman–Crippen MR) is 94.2 cm³/mol. The topological polar surface area (TPSA) is 64.1 Å². The average Bonchev–Trinajstić information content (AvgIpc) is 3.04. The third-order valence-corrected chi connectivity index (χ3v) is 3.83. The first-order chi connectivity index (χ1) is 12.2. The normalized spacial score (nSPS) is 10.5. The van der Waals surface area contributed by atoms with Crippen LogP contribution in [0.4, 0.5) is 4.39 Å². The summed E-state index contributed by atoms with van der Waals surface area (Å²) in [6.45, 7) is 0.876. The summed E-state index contributed by atoms with van der Waals surface area (Å²) in [4.78, 5) is 0. The maximum Gasteiger partial charge on any atom is 0.214 e. The monoisotopic (exact) mass is 360 g/mol. The summed E-state index contributed by atoms with van der Waals surface area (Å²) in [6.07, 6.45) is 1.57. The summed E-state index contributed by atoms with van der Waals surface area (Å²) in [5, 5.41) is 6.51. The molecule has 3 aromatic rings. The van der Waals surface area contributed by atoms with E-state index in [4.69, 9.17) is 21.7 Å². The lowest BCUT2D eigenvalue weighted by Gasteiger charge is -2.13. The van der Waals surface area contributed by atoms with Gasteiger partial charge in [-0.2, -0.15) is 5.10 Å². The van der Waals surface area contributed by atoms with Gasteiger partial charge in [0.15, 0.2) is 11.5 Å². The van der Waals surface area contributed by atoms with Gasteiger partial charge in [0.05, 0.1) is 13.7 Å². The summed E-state index contributed by atoms with van der Waals surface area (Å²) in [5.74, 6) is 0.976. The van der Waals surface area contributed by atoms with Gasteiger partial charge >= 0.3 is 0 Å². The van der Waals surface area contributed by atoms with Gasteiger partial charge in [0.25, 0.3) is 0 Å². The van der Waals surface area contributed by atoms with Gasteiger partial charge in [-0.3, -0.25) is 5.10 Å². The van der Waals surface area contributed by atoms with Crippen molar-refractivity contribution in [3.05, 3.63) is 70.5 Å². The fourth-order valence-electron chi connectivity index (χ4n) is 2.22. The predicted octanol–water partition coefficient (Wildman–Crippen LogP) is 3.41. The number of H-pyrrole nitrogens is 1. The SMILES string of the molecule is COc1cc(CNn2cn[nH]c2=S)ccc1OCc1ccc(F)cc1. The molecule has 25 heavy (non-hydrogen) atoms. The first-order valence-corrected chi connectivity index (χ1v) is 7.96. The third-order valence-electron chi connectivity index (χ3n) is 3.54. The minimum atomic E-state index is -0.268. The molecule has 1 aromatic heterocycles. The van der Waals surface area contributed by atoms with Crippen LogP contribution in [0.3, 0.4) is 0 Å². The number of rotatable bonds is 7. The summed E-state index contributed by atoms with van der Waals surface area (Å²) in [7, 11) is 1.59. The minimum Gasteiger partial charge on any atom is -0.493 e. The zero-order chi connectivity index (χ0) is 17.6. The fraction of sp³-hybridized carbons (Fsp3) is 0.176. The Morgan fingerprint density at radius 2 is 1.92 bits per heavy atom. The number of methoxy groups -OCH3 is 1. The number of hydrogen-bond acceptors (Lipinski definition) is 5. The summed E-state index contributed by atoms with van der Waals surface area (Å²) < 4.78 is 26.2. The number of hydrogen-bond donors (Lipinski definition) is 2. The lowest BCUT2D eigenvalue weighted by atomic mass is 10.2. The van der Waals surface area contributed by atoms with Crippen molar-refractivity contribution in [1.29, 1.82) is 0 Å². The van der Waals surface area contributed by atoms with Crippen LogP contribution in [-0.2, 0) is 13.2 Å². The number of benzene rings is 2. The van der Waals surface area contributed by atoms with Gasteiger partial charge in [-0.05, 0) is 47.6 Å². The van der Waals surface area contributed by atoms with Crippen LogP contribution in [0.1, 0.15) is 11.1 Å². The average molecular weight is 360 g/mol. The molecule has 0 radical (unpaired) electrons. The maximum absolute atomic E-state index is 12.9. The number of aromatic amines is 1. The maximum atomic E-state index is 12.9. The van der Waals surface area contributed by atoms with E-state index in [0.29, 0.717) is 29.4 Å². The number of nitrogens with one attached hydrogen (secondary N) is 2. The van der Waals surface area contributed by atoms with Crippen LogP contribution in [0, 0.1) is 10.6 Å². The van der Waals surface area contributed by atoms with Crippen LogP contribution >= 0.6 is 12.2 Å². The first-order valence-electron chi connectivity index (χ1n) is 7.56. The van der Waals surface area contributed by atoms with Crippen molar-refractivity contribution in [2.45, 2.75) is 13.2 Å². The molecule has 2 N–H and O–H groups in total. The Morgan fingerprint density at radius 3 is 2.60 bits per heavy atom. The van der Waals surface area contributed by atoms with Crippen LogP contribution in [0.25, 0.3) is 0 Å². The van der Waals surface area contributed by atoms with Gasteiger partial charge in [-0.25, -0.2) is 9.07 Å². The molecular formula is C17H17FN4O2S. The minimum absolute atomic E-state index is 0.268. The highest BCUT2D eigenvalue weighted by Gasteiger charge is 2.07. The van der Waals surface area contributed by atoms with Crippen molar-refractivity contribution in [1.82, 2.24) is 14.9 Å². The Balaban J connectivity index is 1.65. The standard InChI is InChI=1S/C17H17FN4O2S/c1-23-16-8-13(9-20-22-11-19-21-17(22)25)4-7-15(16)24-10-12-2-5-14(18)6-3-12/h2-8,11,20H,9-10H2,1H3,(H,21,25). The van der Waals surface area contributed by atoms with E-state index in [0.717, 1.165) is 11.1 Å². The molecule has 0 fully saturated rings. The Labute approximate surface area is 149 Å². The highest BCUT2D eigenvalue weighted by atomic mass is 32.1. The number of aromatic nitrogens is 3. The Morgan fingerprint density at radius 1 is 1.16 bits per heavy atom. The van der Waals surface area contributed by atoms with Crippen molar-refractivity contribution in [2.24, 2.45) is 0 Å². The molecule has 0 aliphatic carbocycles. The smallest absolute Gasteiger partial charge is 0.214 e. The van der Waals surface area contributed by atoms with Crippen LogP contribution in [0.5, 0.6) is 11.5 Å². The van der Waals surface area contributed by atoms with E-state index in [9.17, 15) is 4.39 Å². The molecule has 6 nitrogen and oxygen atoms in total. The Kier molecular flexibility index (Phi) is 5.30. The van der Waals surface area contributed by atoms with Gasteiger partial charge in [0.1, 0.15) is 18.8 Å². The van der Waals surface area contributed by atoms with Crippen LogP contribution in [0.15, 0.2) is 48.8 Å². The molecule has 0 atom stereocenters. The zero-order valence-corrected chi connectivity index (χ0v) is 14.3.